The second-order valence-electron chi connectivity index (χ2n) is 15.4. The van der Waals surface area contributed by atoms with Crippen LogP contribution in [0.25, 0.3) is 0 Å². The summed E-state index contributed by atoms with van der Waals surface area (Å²) < 4.78 is 0. The largest absolute Gasteiger partial charge is 0.394 e. The molecule has 0 spiro atoms. The smallest absolute Gasteiger partial charge is 0.220 e. The molecular weight excluding hydrogens is 687 g/mol. The number of unbranched alkanes of at least 4 members (excludes halogenated alkanes) is 20. The van der Waals surface area contributed by atoms with Crippen LogP contribution in [0.2, 0.25) is 0 Å². The zero-order valence-corrected chi connectivity index (χ0v) is 36.6. The second-order valence-corrected chi connectivity index (χ2v) is 15.4. The number of rotatable bonds is 41. The number of aliphatic hydroxyl groups excluding tert-OH is 2. The third-order valence-electron chi connectivity index (χ3n) is 10.0. The topological polar surface area (TPSA) is 69.6 Å². The molecule has 0 rings (SSSR count). The molecular formula is C52H89NO3. The highest BCUT2D eigenvalue weighted by Crippen LogP contribution is 2.14. The quantitative estimate of drug-likeness (QED) is 0.0428. The van der Waals surface area contributed by atoms with Crippen molar-refractivity contribution in [2.75, 3.05) is 6.61 Å². The van der Waals surface area contributed by atoms with Gasteiger partial charge in [0.05, 0.1) is 18.8 Å². The lowest BCUT2D eigenvalue weighted by Gasteiger charge is -2.19. The van der Waals surface area contributed by atoms with Crippen molar-refractivity contribution in [1.29, 1.82) is 0 Å². The van der Waals surface area contributed by atoms with Crippen molar-refractivity contribution >= 4 is 5.91 Å². The number of nitrogens with one attached hydrogen (secondary N) is 1. The van der Waals surface area contributed by atoms with Crippen LogP contribution in [0.3, 0.4) is 0 Å². The summed E-state index contributed by atoms with van der Waals surface area (Å²) in [4.78, 5) is 12.4. The highest BCUT2D eigenvalue weighted by atomic mass is 16.3. The first-order valence-electron chi connectivity index (χ1n) is 23.5. The van der Waals surface area contributed by atoms with Gasteiger partial charge in [0, 0.05) is 6.42 Å². The molecule has 0 saturated heterocycles. The molecule has 2 atom stereocenters. The third kappa shape index (κ3) is 42.5. The maximum absolute atomic E-state index is 12.4. The minimum Gasteiger partial charge on any atom is -0.394 e. The van der Waals surface area contributed by atoms with Crippen molar-refractivity contribution in [1.82, 2.24) is 5.32 Å². The van der Waals surface area contributed by atoms with Gasteiger partial charge in [-0.1, -0.05) is 214 Å². The molecule has 0 saturated carbocycles. The Bertz CT molecular complexity index is 1060. The predicted octanol–water partition coefficient (Wildman–Crippen LogP) is 15.0. The van der Waals surface area contributed by atoms with Crippen LogP contribution in [0.15, 0.2) is 97.2 Å². The summed E-state index contributed by atoms with van der Waals surface area (Å²) >= 11 is 0. The van der Waals surface area contributed by atoms with Crippen LogP contribution in [-0.4, -0.2) is 34.9 Å². The summed E-state index contributed by atoms with van der Waals surface area (Å²) in [6.07, 6.45) is 69.7. The van der Waals surface area contributed by atoms with Gasteiger partial charge in [-0.25, -0.2) is 0 Å². The van der Waals surface area contributed by atoms with Crippen molar-refractivity contribution < 1.29 is 15.0 Å². The Morgan fingerprint density at radius 1 is 0.446 bits per heavy atom. The molecule has 0 heterocycles. The van der Waals surface area contributed by atoms with Crippen molar-refractivity contribution in [2.24, 2.45) is 0 Å². The van der Waals surface area contributed by atoms with E-state index < -0.39 is 12.1 Å². The summed E-state index contributed by atoms with van der Waals surface area (Å²) in [5, 5.41) is 23.0. The molecule has 4 nitrogen and oxygen atoms in total. The average molecular weight is 776 g/mol. The zero-order valence-electron chi connectivity index (χ0n) is 36.6. The van der Waals surface area contributed by atoms with Gasteiger partial charge in [0.1, 0.15) is 0 Å². The lowest BCUT2D eigenvalue weighted by atomic mass is 10.0. The molecule has 0 aromatic rings. The van der Waals surface area contributed by atoms with Gasteiger partial charge in [-0.15, -0.1) is 0 Å². The maximum Gasteiger partial charge on any atom is 0.220 e. The number of aliphatic hydroxyl groups is 2. The first kappa shape index (κ1) is 53.3. The van der Waals surface area contributed by atoms with Gasteiger partial charge in [-0.05, 0) is 83.5 Å². The Hall–Kier alpha value is -2.69. The van der Waals surface area contributed by atoms with Crippen molar-refractivity contribution in [2.45, 2.75) is 219 Å². The predicted molar refractivity (Wildman–Crippen MR) is 248 cm³/mol. The molecule has 0 aliphatic heterocycles. The average Bonchev–Trinajstić information content (AvgIpc) is 3.20. The molecule has 4 heteroatoms. The molecule has 0 aliphatic rings. The number of hydrogen-bond donors (Lipinski definition) is 3. The summed E-state index contributed by atoms with van der Waals surface area (Å²) in [5.74, 6) is -0.138. The van der Waals surface area contributed by atoms with E-state index in [0.29, 0.717) is 6.42 Å². The van der Waals surface area contributed by atoms with Crippen LogP contribution in [0.1, 0.15) is 206 Å². The highest BCUT2D eigenvalue weighted by Gasteiger charge is 2.17. The van der Waals surface area contributed by atoms with E-state index in [2.05, 4.69) is 104 Å². The molecule has 0 radical (unpaired) electrons. The van der Waals surface area contributed by atoms with E-state index in [1.807, 2.05) is 6.08 Å². The van der Waals surface area contributed by atoms with Gasteiger partial charge < -0.3 is 15.5 Å². The summed E-state index contributed by atoms with van der Waals surface area (Å²) in [6.45, 7) is 4.15. The van der Waals surface area contributed by atoms with Crippen molar-refractivity contribution in [3.05, 3.63) is 97.2 Å². The van der Waals surface area contributed by atoms with E-state index in [1.165, 1.54) is 116 Å². The second kappa shape index (κ2) is 46.7. The summed E-state index contributed by atoms with van der Waals surface area (Å²) in [6, 6.07) is -0.682. The van der Waals surface area contributed by atoms with Crippen LogP contribution < -0.4 is 5.32 Å². The monoisotopic (exact) mass is 776 g/mol. The lowest BCUT2D eigenvalue weighted by molar-refractivity contribution is -0.122. The summed E-state index contributed by atoms with van der Waals surface area (Å²) in [7, 11) is 0. The Morgan fingerprint density at radius 2 is 0.804 bits per heavy atom. The first-order valence-corrected chi connectivity index (χ1v) is 23.5. The molecule has 320 valence electrons. The van der Waals surface area contributed by atoms with Crippen LogP contribution in [0.4, 0.5) is 0 Å². The van der Waals surface area contributed by atoms with Crippen LogP contribution in [0, 0.1) is 0 Å². The minimum absolute atomic E-state index is 0.138. The van der Waals surface area contributed by atoms with E-state index in [-0.39, 0.29) is 12.5 Å². The number of hydrogen-bond acceptors (Lipinski definition) is 3. The fourth-order valence-corrected chi connectivity index (χ4v) is 6.48. The first-order chi connectivity index (χ1) is 27.7. The number of allylic oxidation sites excluding steroid dienone is 15. The van der Waals surface area contributed by atoms with E-state index in [1.54, 1.807) is 6.08 Å². The zero-order chi connectivity index (χ0) is 40.7. The van der Waals surface area contributed by atoms with E-state index in [0.717, 1.165) is 70.6 Å². The summed E-state index contributed by atoms with van der Waals surface area (Å²) in [5.41, 5.74) is 0. The van der Waals surface area contributed by atoms with Gasteiger partial charge in [-0.3, -0.25) is 4.79 Å². The Labute approximate surface area is 347 Å². The fourth-order valence-electron chi connectivity index (χ4n) is 6.48. The molecule has 0 aromatic carbocycles. The van der Waals surface area contributed by atoms with Crippen LogP contribution >= 0.6 is 0 Å². The van der Waals surface area contributed by atoms with Gasteiger partial charge in [-0.2, -0.15) is 0 Å². The number of carbonyl (C=O) groups is 1. The molecule has 2 unspecified atom stereocenters. The molecule has 0 bridgehead atoms. The maximum atomic E-state index is 12.4. The van der Waals surface area contributed by atoms with Gasteiger partial charge in [0.15, 0.2) is 0 Å². The van der Waals surface area contributed by atoms with E-state index in [4.69, 9.17) is 0 Å². The lowest BCUT2D eigenvalue weighted by Crippen LogP contribution is -2.45. The minimum atomic E-state index is -0.900. The Balaban J connectivity index is 3.71. The Morgan fingerprint density at radius 3 is 1.25 bits per heavy atom. The standard InChI is InChI=1S/C52H89NO3/c1-3-5-7-9-11-13-15-17-19-21-22-23-24-25-26-27-28-29-30-32-33-35-37-39-41-43-45-47-51(55)50(49-54)53-52(56)48-46-44-42-40-38-36-34-31-20-18-16-14-12-10-8-6-4-2/h6,8,12,14,18,20,30,32,34,36-37,39-40,42,45,47,50-51,54-55H,3-5,7,9-11,13,15-17,19,21-29,31,33,35,38,41,43-44,46,48-49H2,1-2H3,(H,53,56)/b8-6-,14-12-,20-18-,32-30+,36-34-,39-37+,42-40-,47-45+. The molecule has 0 aliphatic carbocycles. The van der Waals surface area contributed by atoms with Gasteiger partial charge in [0.2, 0.25) is 5.91 Å². The Kier molecular flexibility index (Phi) is 44.4. The molecule has 1 amide bonds. The number of carbonyl (C=O) groups excluding carboxylic acids is 1. The van der Waals surface area contributed by atoms with Gasteiger partial charge >= 0.3 is 0 Å². The molecule has 3 N–H and O–H groups in total. The molecule has 56 heavy (non-hydrogen) atoms. The highest BCUT2D eigenvalue weighted by molar-refractivity contribution is 5.76. The normalized spacial score (nSPS) is 13.9. The fraction of sp³-hybridized carbons (Fsp3) is 0.673. The van der Waals surface area contributed by atoms with Crippen molar-refractivity contribution in [3.63, 3.8) is 0 Å². The van der Waals surface area contributed by atoms with E-state index >= 15 is 0 Å². The van der Waals surface area contributed by atoms with Crippen LogP contribution in [0.5, 0.6) is 0 Å². The third-order valence-corrected chi connectivity index (χ3v) is 10.0. The van der Waals surface area contributed by atoms with Crippen LogP contribution in [-0.2, 0) is 4.79 Å². The van der Waals surface area contributed by atoms with Gasteiger partial charge in [0.25, 0.3) is 0 Å². The molecule has 0 fully saturated rings. The SMILES string of the molecule is CC/C=C\C/C=C\C/C=C\C/C=C\C/C=C\CCCC(=O)NC(CO)C(O)/C=C/CC/C=C/CC/C=C/CCCCCCCCCCCCCCCCCCC. The van der Waals surface area contributed by atoms with Crippen molar-refractivity contribution in [3.8, 4) is 0 Å². The molecule has 0 aromatic heterocycles. The number of amides is 1. The van der Waals surface area contributed by atoms with E-state index in [9.17, 15) is 15.0 Å².